The van der Waals surface area contributed by atoms with Gasteiger partial charge in [0.15, 0.2) is 5.82 Å². The topological polar surface area (TPSA) is 76.6 Å². The summed E-state index contributed by atoms with van der Waals surface area (Å²) in [5, 5.41) is 10.7. The summed E-state index contributed by atoms with van der Waals surface area (Å²) >= 11 is 0. The van der Waals surface area contributed by atoms with E-state index < -0.39 is 0 Å². The minimum Gasteiger partial charge on any atom is -0.358 e. The van der Waals surface area contributed by atoms with E-state index in [-0.39, 0.29) is 52.1 Å². The molecule has 1 fully saturated rings. The number of para-hydroxylation sites is 1. The normalized spacial score (nSPS) is 21.2. The molecule has 2 atom stereocenters. The maximum absolute atomic E-state index is 12.9. The number of carbonyl (C=O) groups is 1. The second-order valence-electron chi connectivity index (χ2n) is 6.52. The van der Waals surface area contributed by atoms with Crippen LogP contribution in [0.25, 0.3) is 0 Å². The Bertz CT molecular complexity index is 850. The number of nitrogens with one attached hydrogen (secondary N) is 2. The molecule has 1 saturated carbocycles. The quantitative estimate of drug-likeness (QED) is 0.679. The van der Waals surface area contributed by atoms with Gasteiger partial charge in [0.05, 0.1) is 12.1 Å². The van der Waals surface area contributed by atoms with Crippen LogP contribution in [0.3, 0.4) is 0 Å². The van der Waals surface area contributed by atoms with E-state index in [1.165, 1.54) is 6.42 Å². The molecule has 8 heteroatoms. The molecule has 2 aromatic rings. The molecule has 0 spiro atoms. The number of hydrogen-bond donors (Lipinski definition) is 2. The molecule has 0 saturated heterocycles. The Labute approximate surface area is 191 Å². The number of fused-ring (bicyclic) bond motifs is 5. The summed E-state index contributed by atoms with van der Waals surface area (Å²) in [6.45, 7) is 5.00. The number of H-pyrrole nitrogens is 1. The molecule has 1 aliphatic carbocycles. The fraction of sp³-hybridized carbons (Fsp3) is 0.350. The van der Waals surface area contributed by atoms with Crippen LogP contribution in [0, 0.1) is 14.4 Å². The van der Waals surface area contributed by atoms with Crippen LogP contribution >= 0.6 is 0 Å². The Hall–Kier alpha value is -1.73. The van der Waals surface area contributed by atoms with Gasteiger partial charge < -0.3 is 19.7 Å². The van der Waals surface area contributed by atoms with Crippen LogP contribution in [0.4, 0.5) is 17.3 Å². The molecule has 2 N–H and O–H groups in total. The predicted molar refractivity (Wildman–Crippen MR) is 109 cm³/mol. The van der Waals surface area contributed by atoms with Crippen molar-refractivity contribution >= 4 is 29.2 Å². The molecule has 3 heterocycles. The summed E-state index contributed by atoms with van der Waals surface area (Å²) < 4.78 is 0. The number of benzene rings is 1. The van der Waals surface area contributed by atoms with Crippen molar-refractivity contribution in [1.82, 2.24) is 15.1 Å². The largest absolute Gasteiger partial charge is 0.358 e. The van der Waals surface area contributed by atoms with Gasteiger partial charge in [-0.3, -0.25) is 19.7 Å². The first-order valence-corrected chi connectivity index (χ1v) is 9.00. The average molecular weight is 455 g/mol. The van der Waals surface area contributed by atoms with Crippen LogP contribution in [0.5, 0.6) is 0 Å². The average Bonchev–Trinajstić information content (AvgIpc) is 3.37. The van der Waals surface area contributed by atoms with Gasteiger partial charge in [-0.05, 0) is 31.4 Å². The number of nitrogens with zero attached hydrogens (tertiary/aromatic N) is 4. The summed E-state index contributed by atoms with van der Waals surface area (Å²) in [6.07, 6.45) is 3.35. The summed E-state index contributed by atoms with van der Waals surface area (Å²) in [7, 11) is 1.79. The van der Waals surface area contributed by atoms with E-state index in [9.17, 15) is 4.79 Å². The van der Waals surface area contributed by atoms with Gasteiger partial charge in [-0.1, -0.05) is 18.2 Å². The Balaban J connectivity index is 0.000000680. The number of aliphatic imine (C=N–C) groups is 1. The number of carbonyl (C=O) groups excluding carboxylic acids is 1. The minimum atomic E-state index is -0.0767. The van der Waals surface area contributed by atoms with Gasteiger partial charge in [-0.25, -0.2) is 4.99 Å². The van der Waals surface area contributed by atoms with Crippen LogP contribution in [0.2, 0.25) is 0 Å². The summed E-state index contributed by atoms with van der Waals surface area (Å²) in [6, 6.07) is 10.4. The molecular weight excluding hydrogens is 429 g/mol. The SMILES string of the molecule is CN1C(=O)c2c(n[nH]c2Nc2ccccc2)N2C1=N[C@@H]1CCC[C@@H]12.[CH2-]C.[CH3-].[Y]. The third-order valence-corrected chi connectivity index (χ3v) is 5.11. The second-order valence-corrected chi connectivity index (χ2v) is 6.52. The molecule has 0 bridgehead atoms. The predicted octanol–water partition coefficient (Wildman–Crippen LogP) is 3.62. The molecule has 2 aliphatic heterocycles. The Kier molecular flexibility index (Phi) is 7.40. The number of hydrogen-bond acceptors (Lipinski definition) is 5. The standard InChI is InChI=1S/C17H18N6O.C2H5.CH3.Y/c1-22-16(24)13-14(18-10-6-3-2-4-7-10)20-21-15(13)23-12-9-5-8-11(12)19-17(22)23;1-2;;/h2-4,6-7,11-12H,5,8-9H2,1H3,(H2,18,20,21);1H2,2H3;1H3;/q;2*-1;/t11-,12+;;;/m1.../s1. The van der Waals surface area contributed by atoms with Gasteiger partial charge >= 0.3 is 0 Å². The van der Waals surface area contributed by atoms with Crippen molar-refractivity contribution in [2.24, 2.45) is 4.99 Å². The molecule has 1 aromatic heterocycles. The third-order valence-electron chi connectivity index (χ3n) is 5.11. The zero-order chi connectivity index (χ0) is 18.3. The Morgan fingerprint density at radius 3 is 2.64 bits per heavy atom. The Morgan fingerprint density at radius 1 is 1.21 bits per heavy atom. The van der Waals surface area contributed by atoms with Crippen molar-refractivity contribution in [3.05, 3.63) is 50.2 Å². The molecule has 7 nitrogen and oxygen atoms in total. The van der Waals surface area contributed by atoms with Crippen molar-refractivity contribution in [1.29, 1.82) is 0 Å². The Morgan fingerprint density at radius 2 is 1.93 bits per heavy atom. The first kappa shape index (κ1) is 22.6. The molecule has 1 aromatic carbocycles. The smallest absolute Gasteiger partial charge is 0.267 e. The van der Waals surface area contributed by atoms with E-state index in [1.54, 1.807) is 18.9 Å². The number of rotatable bonds is 2. The summed E-state index contributed by atoms with van der Waals surface area (Å²) in [4.78, 5) is 21.4. The number of guanidine groups is 1. The third kappa shape index (κ3) is 3.50. The first-order chi connectivity index (χ1) is 12.7. The summed E-state index contributed by atoms with van der Waals surface area (Å²) in [5.41, 5.74) is 1.51. The zero-order valence-corrected chi connectivity index (χ0v) is 19.5. The van der Waals surface area contributed by atoms with Crippen molar-refractivity contribution < 1.29 is 37.5 Å². The number of aromatic nitrogens is 2. The number of aromatic amines is 1. The van der Waals surface area contributed by atoms with E-state index in [0.717, 1.165) is 24.5 Å². The maximum atomic E-state index is 12.9. The fourth-order valence-corrected chi connectivity index (χ4v) is 3.96. The van der Waals surface area contributed by atoms with Crippen molar-refractivity contribution in [3.63, 3.8) is 0 Å². The first-order valence-electron chi connectivity index (χ1n) is 9.00. The van der Waals surface area contributed by atoms with Gasteiger partial charge in [0.1, 0.15) is 11.4 Å². The van der Waals surface area contributed by atoms with Gasteiger partial charge in [0.2, 0.25) is 5.96 Å². The zero-order valence-electron chi connectivity index (χ0n) is 16.6. The van der Waals surface area contributed by atoms with Crippen molar-refractivity contribution in [2.75, 3.05) is 17.3 Å². The number of amides is 1. The molecular formula is C20H26N6OY-2. The number of anilines is 3. The van der Waals surface area contributed by atoms with Crippen LogP contribution in [-0.4, -0.2) is 46.1 Å². The van der Waals surface area contributed by atoms with E-state index >= 15 is 0 Å². The van der Waals surface area contributed by atoms with Crippen LogP contribution in [-0.2, 0) is 32.7 Å². The molecule has 0 unspecified atom stereocenters. The van der Waals surface area contributed by atoms with Gasteiger partial charge in [0, 0.05) is 45.4 Å². The molecule has 147 valence electrons. The molecule has 3 aliphatic rings. The monoisotopic (exact) mass is 455 g/mol. The van der Waals surface area contributed by atoms with Crippen LogP contribution in [0.1, 0.15) is 36.5 Å². The van der Waals surface area contributed by atoms with E-state index in [4.69, 9.17) is 4.99 Å². The van der Waals surface area contributed by atoms with Gasteiger partial charge in [-0.2, -0.15) is 12.0 Å². The van der Waals surface area contributed by atoms with Gasteiger partial charge in [-0.15, -0.1) is 0 Å². The maximum Gasteiger partial charge on any atom is 0.267 e. The molecule has 1 radical (unpaired) electrons. The van der Waals surface area contributed by atoms with Crippen LogP contribution < -0.4 is 10.2 Å². The van der Waals surface area contributed by atoms with E-state index in [1.807, 2.05) is 30.3 Å². The van der Waals surface area contributed by atoms with Crippen LogP contribution in [0.15, 0.2) is 35.3 Å². The molecule has 1 amide bonds. The fourth-order valence-electron chi connectivity index (χ4n) is 3.96. The molecule has 5 rings (SSSR count). The van der Waals surface area contributed by atoms with Crippen molar-refractivity contribution in [2.45, 2.75) is 38.3 Å². The minimum absolute atomic E-state index is 0. The molecule has 28 heavy (non-hydrogen) atoms. The van der Waals surface area contributed by atoms with Crippen molar-refractivity contribution in [3.8, 4) is 0 Å². The second kappa shape index (κ2) is 9.18. The van der Waals surface area contributed by atoms with E-state index in [2.05, 4.69) is 27.3 Å². The van der Waals surface area contributed by atoms with E-state index in [0.29, 0.717) is 23.2 Å². The van der Waals surface area contributed by atoms with Gasteiger partial charge in [0.25, 0.3) is 5.91 Å². The summed E-state index contributed by atoms with van der Waals surface area (Å²) in [5.74, 6) is 1.99.